The minimum absolute atomic E-state index is 0.0828. The van der Waals surface area contributed by atoms with Gasteiger partial charge in [-0.3, -0.25) is 4.79 Å². The average Bonchev–Trinajstić information content (AvgIpc) is 2.18. The van der Waals surface area contributed by atoms with Gasteiger partial charge in [0.1, 0.15) is 5.69 Å². The Balaban J connectivity index is 3.38. The Labute approximate surface area is 90.3 Å². The predicted molar refractivity (Wildman–Crippen MR) is 64.5 cm³/mol. The Hall–Kier alpha value is -1.45. The molecule has 2 N–H and O–H groups in total. The summed E-state index contributed by atoms with van der Waals surface area (Å²) in [6.45, 7) is 4.70. The highest BCUT2D eigenvalue weighted by molar-refractivity contribution is 5.66. The van der Waals surface area contributed by atoms with E-state index in [1.54, 1.807) is 4.57 Å². The van der Waals surface area contributed by atoms with Gasteiger partial charge in [-0.25, -0.2) is 0 Å². The normalized spacial score (nSPS) is 10.4. The van der Waals surface area contributed by atoms with Gasteiger partial charge in [0.05, 0.1) is 5.69 Å². The molecule has 15 heavy (non-hydrogen) atoms. The second kappa shape index (κ2) is 4.38. The van der Waals surface area contributed by atoms with Crippen molar-refractivity contribution in [1.29, 1.82) is 0 Å². The van der Waals surface area contributed by atoms with Gasteiger partial charge in [-0.2, -0.15) is 0 Å². The number of pyridine rings is 1. The molecule has 0 saturated heterocycles. The maximum absolute atomic E-state index is 11.9. The predicted octanol–water partition coefficient (Wildman–Crippen LogP) is 1.21. The molecule has 1 aromatic rings. The lowest BCUT2D eigenvalue weighted by Gasteiger charge is -2.18. The van der Waals surface area contributed by atoms with Crippen LogP contribution in [0.1, 0.15) is 19.0 Å². The summed E-state index contributed by atoms with van der Waals surface area (Å²) in [5.74, 6) is 0. The van der Waals surface area contributed by atoms with Gasteiger partial charge < -0.3 is 15.2 Å². The smallest absolute Gasteiger partial charge is 0.276 e. The third kappa shape index (κ3) is 2.14. The van der Waals surface area contributed by atoms with Crippen LogP contribution in [0.25, 0.3) is 0 Å². The van der Waals surface area contributed by atoms with E-state index in [9.17, 15) is 4.79 Å². The molecule has 0 amide bonds. The summed E-state index contributed by atoms with van der Waals surface area (Å²) >= 11 is 0. The molecule has 1 rings (SSSR count). The molecule has 0 fully saturated rings. The summed E-state index contributed by atoms with van der Waals surface area (Å²) < 4.78 is 1.72. The van der Waals surface area contributed by atoms with Gasteiger partial charge in [-0.1, -0.05) is 6.92 Å². The van der Waals surface area contributed by atoms with Crippen LogP contribution in [0.3, 0.4) is 0 Å². The first-order valence-corrected chi connectivity index (χ1v) is 5.16. The van der Waals surface area contributed by atoms with Crippen LogP contribution in [0.15, 0.2) is 10.9 Å². The number of anilines is 2. The van der Waals surface area contributed by atoms with Gasteiger partial charge in [0.25, 0.3) is 5.56 Å². The van der Waals surface area contributed by atoms with Crippen LogP contribution in [0.2, 0.25) is 0 Å². The number of aryl methyl sites for hydroxylation is 1. The molecule has 4 heteroatoms. The highest BCUT2D eigenvalue weighted by atomic mass is 16.1. The van der Waals surface area contributed by atoms with E-state index in [0.29, 0.717) is 5.69 Å². The number of nitrogens with two attached hydrogens (primary N) is 1. The number of nitrogen functional groups attached to an aromatic ring is 1. The number of hydrogen-bond donors (Lipinski definition) is 1. The van der Waals surface area contributed by atoms with Gasteiger partial charge >= 0.3 is 0 Å². The van der Waals surface area contributed by atoms with Crippen LogP contribution >= 0.6 is 0 Å². The number of hydrogen-bond acceptors (Lipinski definition) is 3. The SMILES string of the molecule is CCCn1c(C)cc(N(C)C)c(N)c1=O. The zero-order chi connectivity index (χ0) is 11.6. The Bertz CT molecular complexity index is 407. The van der Waals surface area contributed by atoms with Crippen LogP contribution in [0, 0.1) is 6.92 Å². The molecule has 0 aliphatic carbocycles. The fourth-order valence-corrected chi connectivity index (χ4v) is 1.64. The second-order valence-corrected chi connectivity index (χ2v) is 3.94. The first kappa shape index (κ1) is 11.6. The Morgan fingerprint density at radius 1 is 1.47 bits per heavy atom. The number of aromatic nitrogens is 1. The van der Waals surface area contributed by atoms with Gasteiger partial charge in [-0.05, 0) is 19.4 Å². The number of nitrogens with zero attached hydrogens (tertiary/aromatic N) is 2. The topological polar surface area (TPSA) is 51.3 Å². The standard InChI is InChI=1S/C11H19N3O/c1-5-6-14-8(2)7-9(13(3)4)10(12)11(14)15/h7H,5-6,12H2,1-4H3. The van der Waals surface area contributed by atoms with Gasteiger partial charge in [0.15, 0.2) is 0 Å². The molecule has 0 aliphatic rings. The molecule has 0 aromatic carbocycles. The summed E-state index contributed by atoms with van der Waals surface area (Å²) in [7, 11) is 3.77. The summed E-state index contributed by atoms with van der Waals surface area (Å²) in [4.78, 5) is 13.8. The maximum Gasteiger partial charge on any atom is 0.276 e. The monoisotopic (exact) mass is 209 g/mol. The zero-order valence-corrected chi connectivity index (χ0v) is 9.87. The second-order valence-electron chi connectivity index (χ2n) is 3.94. The lowest BCUT2D eigenvalue weighted by Crippen LogP contribution is -2.27. The van der Waals surface area contributed by atoms with E-state index >= 15 is 0 Å². The molecule has 0 aliphatic heterocycles. The van der Waals surface area contributed by atoms with Crippen molar-refractivity contribution in [2.45, 2.75) is 26.8 Å². The van der Waals surface area contributed by atoms with Gasteiger partial charge in [0.2, 0.25) is 0 Å². The van der Waals surface area contributed by atoms with E-state index in [4.69, 9.17) is 5.73 Å². The van der Waals surface area contributed by atoms with Crippen LogP contribution in [-0.4, -0.2) is 18.7 Å². The van der Waals surface area contributed by atoms with Gasteiger partial charge in [0, 0.05) is 26.3 Å². The van der Waals surface area contributed by atoms with E-state index in [0.717, 1.165) is 24.3 Å². The molecule has 0 unspecified atom stereocenters. The first-order valence-electron chi connectivity index (χ1n) is 5.16. The largest absolute Gasteiger partial charge is 0.393 e. The summed E-state index contributed by atoms with van der Waals surface area (Å²) in [5, 5.41) is 0. The average molecular weight is 209 g/mol. The lowest BCUT2D eigenvalue weighted by atomic mass is 10.2. The fraction of sp³-hybridized carbons (Fsp3) is 0.545. The maximum atomic E-state index is 11.9. The minimum Gasteiger partial charge on any atom is -0.393 e. The molecule has 1 heterocycles. The highest BCUT2D eigenvalue weighted by Crippen LogP contribution is 2.18. The summed E-state index contributed by atoms with van der Waals surface area (Å²) in [6.07, 6.45) is 0.932. The quantitative estimate of drug-likeness (QED) is 0.814. The van der Waals surface area contributed by atoms with Crippen LogP contribution in [-0.2, 0) is 6.54 Å². The van der Waals surface area contributed by atoms with Crippen molar-refractivity contribution in [1.82, 2.24) is 4.57 Å². The van der Waals surface area contributed by atoms with E-state index in [1.807, 2.05) is 38.9 Å². The first-order chi connectivity index (χ1) is 6.99. The van der Waals surface area contributed by atoms with E-state index in [-0.39, 0.29) is 5.56 Å². The van der Waals surface area contributed by atoms with Crippen molar-refractivity contribution in [3.8, 4) is 0 Å². The van der Waals surface area contributed by atoms with Crippen molar-refractivity contribution in [3.63, 3.8) is 0 Å². The molecular formula is C11H19N3O. The fourth-order valence-electron chi connectivity index (χ4n) is 1.64. The molecule has 1 aromatic heterocycles. The minimum atomic E-state index is -0.0828. The zero-order valence-electron chi connectivity index (χ0n) is 9.87. The Kier molecular flexibility index (Phi) is 3.39. The molecule has 4 nitrogen and oxygen atoms in total. The summed E-state index contributed by atoms with van der Waals surface area (Å²) in [6, 6.07) is 1.95. The molecule has 0 spiro atoms. The van der Waals surface area contributed by atoms with Crippen LogP contribution in [0.5, 0.6) is 0 Å². The molecule has 0 bridgehead atoms. The van der Waals surface area contributed by atoms with Crippen molar-refractivity contribution in [2.24, 2.45) is 0 Å². The molecular weight excluding hydrogens is 190 g/mol. The summed E-state index contributed by atoms with van der Waals surface area (Å²) in [5.41, 5.74) is 7.81. The third-order valence-corrected chi connectivity index (χ3v) is 2.45. The van der Waals surface area contributed by atoms with Crippen molar-refractivity contribution >= 4 is 11.4 Å². The molecule has 0 atom stereocenters. The van der Waals surface area contributed by atoms with Crippen molar-refractivity contribution in [2.75, 3.05) is 24.7 Å². The Morgan fingerprint density at radius 2 is 2.07 bits per heavy atom. The van der Waals surface area contributed by atoms with Gasteiger partial charge in [-0.15, -0.1) is 0 Å². The highest BCUT2D eigenvalue weighted by Gasteiger charge is 2.10. The third-order valence-electron chi connectivity index (χ3n) is 2.45. The van der Waals surface area contributed by atoms with E-state index < -0.39 is 0 Å². The van der Waals surface area contributed by atoms with Crippen molar-refractivity contribution in [3.05, 3.63) is 22.1 Å². The van der Waals surface area contributed by atoms with E-state index in [1.165, 1.54) is 0 Å². The molecule has 0 radical (unpaired) electrons. The lowest BCUT2D eigenvalue weighted by molar-refractivity contribution is 0.637. The Morgan fingerprint density at radius 3 is 2.53 bits per heavy atom. The molecule has 0 saturated carbocycles. The van der Waals surface area contributed by atoms with Crippen LogP contribution < -0.4 is 16.2 Å². The van der Waals surface area contributed by atoms with E-state index in [2.05, 4.69) is 0 Å². The number of rotatable bonds is 3. The van der Waals surface area contributed by atoms with Crippen LogP contribution in [0.4, 0.5) is 11.4 Å². The van der Waals surface area contributed by atoms with Crippen molar-refractivity contribution < 1.29 is 0 Å². The molecule has 84 valence electrons.